The van der Waals surface area contributed by atoms with E-state index in [1.165, 1.54) is 30.3 Å². The Labute approximate surface area is 152 Å². The molecule has 0 unspecified atom stereocenters. The molecule has 1 N–H and O–H groups in total. The van der Waals surface area contributed by atoms with Gasteiger partial charge in [-0.05, 0) is 36.9 Å². The van der Waals surface area contributed by atoms with Gasteiger partial charge in [0.15, 0.2) is 0 Å². The Kier molecular flexibility index (Phi) is 6.73. The van der Waals surface area contributed by atoms with Crippen molar-refractivity contribution in [3.05, 3.63) is 59.7 Å². The Balaban J connectivity index is 1.92. The summed E-state index contributed by atoms with van der Waals surface area (Å²) in [6.45, 7) is -2.88. The van der Waals surface area contributed by atoms with Crippen LogP contribution in [0.2, 0.25) is 0 Å². The Hall–Kier alpha value is -2.68. The fourth-order valence-corrected chi connectivity index (χ4v) is 2.37. The molecular weight excluding hydrogens is 371 g/mol. The zero-order chi connectivity index (χ0) is 20.0. The number of nitrogens with zero attached hydrogens (tertiary/aromatic N) is 1. The largest absolute Gasteiger partial charge is 0.433 e. The van der Waals surface area contributed by atoms with E-state index in [2.05, 4.69) is 10.1 Å². The maximum Gasteiger partial charge on any atom is 0.416 e. The highest BCUT2D eigenvalue weighted by molar-refractivity contribution is 5.93. The predicted octanol–water partition coefficient (Wildman–Crippen LogP) is 4.38. The highest BCUT2D eigenvalue weighted by atomic mass is 19.4. The molecule has 0 aliphatic carbocycles. The maximum absolute atomic E-state index is 12.6. The van der Waals surface area contributed by atoms with Gasteiger partial charge in [-0.3, -0.25) is 9.69 Å². The minimum absolute atomic E-state index is 0.0932. The van der Waals surface area contributed by atoms with Crippen LogP contribution >= 0.6 is 0 Å². The molecule has 0 bridgehead atoms. The van der Waals surface area contributed by atoms with Crippen LogP contribution in [-0.4, -0.2) is 31.0 Å². The Morgan fingerprint density at radius 1 is 1.11 bits per heavy atom. The van der Waals surface area contributed by atoms with Crippen LogP contribution in [0.3, 0.4) is 0 Å². The van der Waals surface area contributed by atoms with Crippen molar-refractivity contribution < 1.29 is 31.5 Å². The van der Waals surface area contributed by atoms with Gasteiger partial charge < -0.3 is 10.1 Å². The summed E-state index contributed by atoms with van der Waals surface area (Å²) in [7, 11) is 1.61. The Bertz CT molecular complexity index is 763. The van der Waals surface area contributed by atoms with Crippen LogP contribution < -0.4 is 10.1 Å². The van der Waals surface area contributed by atoms with Crippen molar-refractivity contribution >= 4 is 11.6 Å². The van der Waals surface area contributed by atoms with E-state index in [1.54, 1.807) is 18.0 Å². The first-order valence-corrected chi connectivity index (χ1v) is 7.83. The second kappa shape index (κ2) is 8.81. The standard InChI is InChI=1S/C18H17F5N2O2/c1-25(10-12-6-8-13(9-7-12)18(21,22)23)11-16(26)24-14-4-2-3-5-15(14)27-17(19)20/h2-9,17H,10-11H2,1H3,(H,24,26). The molecule has 4 nitrogen and oxygen atoms in total. The number of amides is 1. The van der Waals surface area contributed by atoms with Gasteiger partial charge in [-0.1, -0.05) is 24.3 Å². The summed E-state index contributed by atoms with van der Waals surface area (Å²) < 4.78 is 66.7. The summed E-state index contributed by atoms with van der Waals surface area (Å²) in [5, 5.41) is 2.47. The number of benzene rings is 2. The van der Waals surface area contributed by atoms with Crippen molar-refractivity contribution in [2.24, 2.45) is 0 Å². The number of carbonyl (C=O) groups is 1. The predicted molar refractivity (Wildman–Crippen MR) is 89.5 cm³/mol. The smallest absolute Gasteiger partial charge is 0.416 e. The van der Waals surface area contributed by atoms with E-state index in [9.17, 15) is 26.7 Å². The van der Waals surface area contributed by atoms with Crippen molar-refractivity contribution in [3.8, 4) is 5.75 Å². The van der Waals surface area contributed by atoms with Crippen molar-refractivity contribution in [3.63, 3.8) is 0 Å². The van der Waals surface area contributed by atoms with E-state index in [0.29, 0.717) is 5.56 Å². The normalized spacial score (nSPS) is 11.7. The number of alkyl halides is 5. The average Bonchev–Trinajstić information content (AvgIpc) is 2.55. The lowest BCUT2D eigenvalue weighted by Gasteiger charge is -2.18. The fraction of sp³-hybridized carbons (Fsp3) is 0.278. The van der Waals surface area contributed by atoms with Gasteiger partial charge in [0.1, 0.15) is 5.75 Å². The third kappa shape index (κ3) is 6.52. The van der Waals surface area contributed by atoms with Crippen molar-refractivity contribution in [2.45, 2.75) is 19.3 Å². The van der Waals surface area contributed by atoms with Crippen LogP contribution in [0, 0.1) is 0 Å². The van der Waals surface area contributed by atoms with Crippen LogP contribution in [0.25, 0.3) is 0 Å². The van der Waals surface area contributed by atoms with Gasteiger partial charge in [-0.15, -0.1) is 0 Å². The maximum atomic E-state index is 12.6. The molecule has 0 aliphatic rings. The molecular formula is C18H17F5N2O2. The second-order valence-electron chi connectivity index (χ2n) is 5.79. The number of carbonyl (C=O) groups excluding carboxylic acids is 1. The first-order chi connectivity index (χ1) is 12.6. The summed E-state index contributed by atoms with van der Waals surface area (Å²) in [4.78, 5) is 13.7. The molecule has 0 spiro atoms. The summed E-state index contributed by atoms with van der Waals surface area (Å²) in [5.41, 5.74) is -0.0484. The molecule has 0 fully saturated rings. The first kappa shape index (κ1) is 20.6. The lowest BCUT2D eigenvalue weighted by atomic mass is 10.1. The minimum Gasteiger partial charge on any atom is -0.433 e. The molecule has 0 saturated carbocycles. The second-order valence-corrected chi connectivity index (χ2v) is 5.79. The molecule has 0 aromatic heterocycles. The molecule has 0 atom stereocenters. The van der Waals surface area contributed by atoms with E-state index in [4.69, 9.17) is 0 Å². The number of hydrogen-bond donors (Lipinski definition) is 1. The van der Waals surface area contributed by atoms with Gasteiger partial charge in [-0.2, -0.15) is 22.0 Å². The number of hydrogen-bond acceptors (Lipinski definition) is 3. The number of halogens is 5. The molecule has 0 heterocycles. The van der Waals surface area contributed by atoms with E-state index in [-0.39, 0.29) is 24.5 Å². The molecule has 1 amide bonds. The number of ether oxygens (including phenoxy) is 1. The average molecular weight is 388 g/mol. The van der Waals surface area contributed by atoms with Crippen LogP contribution in [-0.2, 0) is 17.5 Å². The molecule has 0 radical (unpaired) electrons. The number of anilines is 1. The third-order valence-corrected chi connectivity index (χ3v) is 3.52. The number of nitrogens with one attached hydrogen (secondary N) is 1. The molecule has 2 aromatic carbocycles. The summed E-state index contributed by atoms with van der Waals surface area (Å²) >= 11 is 0. The summed E-state index contributed by atoms with van der Waals surface area (Å²) in [6.07, 6.45) is -4.40. The van der Waals surface area contributed by atoms with Gasteiger partial charge in [0.05, 0.1) is 17.8 Å². The molecule has 27 heavy (non-hydrogen) atoms. The molecule has 2 aromatic rings. The quantitative estimate of drug-likeness (QED) is 0.716. The number of rotatable bonds is 7. The monoisotopic (exact) mass is 388 g/mol. The Morgan fingerprint density at radius 2 is 1.74 bits per heavy atom. The highest BCUT2D eigenvalue weighted by Gasteiger charge is 2.29. The van der Waals surface area contributed by atoms with Crippen LogP contribution in [0.15, 0.2) is 48.5 Å². The molecule has 0 aliphatic heterocycles. The van der Waals surface area contributed by atoms with E-state index in [0.717, 1.165) is 12.1 Å². The van der Waals surface area contributed by atoms with Crippen molar-refractivity contribution in [1.29, 1.82) is 0 Å². The van der Waals surface area contributed by atoms with E-state index >= 15 is 0 Å². The zero-order valence-electron chi connectivity index (χ0n) is 14.3. The van der Waals surface area contributed by atoms with Gasteiger partial charge in [-0.25, -0.2) is 0 Å². The SMILES string of the molecule is CN(CC(=O)Nc1ccccc1OC(F)F)Cc1ccc(C(F)(F)F)cc1. The molecule has 0 saturated heterocycles. The molecule has 9 heteroatoms. The van der Waals surface area contributed by atoms with E-state index < -0.39 is 24.3 Å². The van der Waals surface area contributed by atoms with Gasteiger partial charge in [0.2, 0.25) is 5.91 Å². The summed E-state index contributed by atoms with van der Waals surface area (Å²) in [6, 6.07) is 10.4. The van der Waals surface area contributed by atoms with Gasteiger partial charge in [0, 0.05) is 6.54 Å². The fourth-order valence-electron chi connectivity index (χ4n) is 2.37. The van der Waals surface area contributed by atoms with E-state index in [1.807, 2.05) is 0 Å². The third-order valence-electron chi connectivity index (χ3n) is 3.52. The van der Waals surface area contributed by atoms with Gasteiger partial charge in [0.25, 0.3) is 0 Å². The molecule has 146 valence electrons. The Morgan fingerprint density at radius 3 is 2.33 bits per heavy atom. The number of likely N-dealkylation sites (N-methyl/N-ethyl adjacent to an activating group) is 1. The first-order valence-electron chi connectivity index (χ1n) is 7.83. The number of para-hydroxylation sites is 2. The lowest BCUT2D eigenvalue weighted by molar-refractivity contribution is -0.137. The van der Waals surface area contributed by atoms with Crippen LogP contribution in [0.5, 0.6) is 5.75 Å². The molecule has 2 rings (SSSR count). The van der Waals surface area contributed by atoms with Crippen LogP contribution in [0.1, 0.15) is 11.1 Å². The zero-order valence-corrected chi connectivity index (χ0v) is 14.3. The lowest BCUT2D eigenvalue weighted by Crippen LogP contribution is -2.30. The summed E-state index contributed by atoms with van der Waals surface area (Å²) in [5.74, 6) is -0.638. The van der Waals surface area contributed by atoms with Crippen LogP contribution in [0.4, 0.5) is 27.6 Å². The minimum atomic E-state index is -4.40. The van der Waals surface area contributed by atoms with Gasteiger partial charge >= 0.3 is 12.8 Å². The van der Waals surface area contributed by atoms with Crippen molar-refractivity contribution in [2.75, 3.05) is 18.9 Å². The topological polar surface area (TPSA) is 41.6 Å². The van der Waals surface area contributed by atoms with Crippen molar-refractivity contribution in [1.82, 2.24) is 4.90 Å². The highest BCUT2D eigenvalue weighted by Crippen LogP contribution is 2.29.